The van der Waals surface area contributed by atoms with Crippen LogP contribution in [0.2, 0.25) is 5.02 Å². The Morgan fingerprint density at radius 1 is 1.55 bits per heavy atom. The predicted octanol–water partition coefficient (Wildman–Crippen LogP) is 2.59. The average molecular weight is 296 g/mol. The number of halogens is 1. The van der Waals surface area contributed by atoms with E-state index in [1.165, 1.54) is 6.07 Å². The van der Waals surface area contributed by atoms with Crippen molar-refractivity contribution in [1.29, 1.82) is 5.26 Å². The number of hydrogen-bond donors (Lipinski definition) is 2. The van der Waals surface area contributed by atoms with Gasteiger partial charge in [0.25, 0.3) is 0 Å². The van der Waals surface area contributed by atoms with Crippen LogP contribution in [0.3, 0.4) is 0 Å². The van der Waals surface area contributed by atoms with Crippen molar-refractivity contribution in [1.82, 2.24) is 0 Å². The minimum absolute atomic E-state index is 0.00409. The molecule has 1 aromatic rings. The summed E-state index contributed by atoms with van der Waals surface area (Å²) in [6, 6.07) is 4.13. The van der Waals surface area contributed by atoms with Crippen LogP contribution in [0.4, 0.5) is 11.4 Å². The van der Waals surface area contributed by atoms with Crippen LogP contribution in [0.5, 0.6) is 5.75 Å². The minimum atomic E-state index is -1.12. The minimum Gasteiger partial charge on any atom is -0.501 e. The van der Waals surface area contributed by atoms with Crippen LogP contribution in [-0.4, -0.2) is 15.9 Å². The Morgan fingerprint density at radius 3 is 2.65 bits per heavy atom. The number of nitrogens with one attached hydrogen (secondary N) is 1. The molecular weight excluding hydrogens is 286 g/mol. The fourth-order valence-electron chi connectivity index (χ4n) is 1.98. The molecule has 20 heavy (non-hydrogen) atoms. The number of carbonyl (C=O) groups is 1. The molecule has 1 aromatic carbocycles. The molecule has 1 saturated carbocycles. The number of rotatable bonds is 3. The number of nitriles is 1. The highest BCUT2D eigenvalue weighted by Gasteiger charge is 2.45. The molecule has 0 bridgehead atoms. The number of nitro benzene ring substituents is 1. The highest BCUT2D eigenvalue weighted by Crippen LogP contribution is 2.43. The number of phenolic OH excluding ortho intramolecular Hbond substituents is 1. The van der Waals surface area contributed by atoms with Crippen molar-refractivity contribution in [2.45, 2.75) is 19.3 Å². The van der Waals surface area contributed by atoms with Gasteiger partial charge < -0.3 is 10.4 Å². The summed E-state index contributed by atoms with van der Waals surface area (Å²) in [6.45, 7) is 0. The van der Waals surface area contributed by atoms with Gasteiger partial charge in [0, 0.05) is 11.1 Å². The molecule has 1 aliphatic rings. The number of nitro groups is 1. The second-order valence-corrected chi connectivity index (χ2v) is 5.02. The highest BCUT2D eigenvalue weighted by atomic mass is 35.5. The van der Waals surface area contributed by atoms with Gasteiger partial charge in [-0.05, 0) is 25.3 Å². The first kappa shape index (κ1) is 14.1. The number of hydrogen-bond acceptors (Lipinski definition) is 5. The van der Waals surface area contributed by atoms with Crippen molar-refractivity contribution >= 4 is 28.9 Å². The molecule has 0 unspecified atom stereocenters. The van der Waals surface area contributed by atoms with Gasteiger partial charge in [0.1, 0.15) is 5.41 Å². The zero-order chi connectivity index (χ0) is 14.9. The molecule has 2 N–H and O–H groups in total. The van der Waals surface area contributed by atoms with E-state index >= 15 is 0 Å². The molecule has 1 aliphatic carbocycles. The maximum Gasteiger partial charge on any atom is 0.314 e. The first-order valence-corrected chi connectivity index (χ1v) is 6.17. The summed E-state index contributed by atoms with van der Waals surface area (Å²) in [4.78, 5) is 22.0. The van der Waals surface area contributed by atoms with Gasteiger partial charge in [0.2, 0.25) is 11.7 Å². The third-order valence-corrected chi connectivity index (χ3v) is 3.57. The maximum absolute atomic E-state index is 12.0. The van der Waals surface area contributed by atoms with Gasteiger partial charge in [-0.25, -0.2) is 0 Å². The van der Waals surface area contributed by atoms with E-state index in [4.69, 9.17) is 16.9 Å². The lowest BCUT2D eigenvalue weighted by molar-refractivity contribution is -0.385. The van der Waals surface area contributed by atoms with E-state index in [1.807, 2.05) is 6.07 Å². The lowest BCUT2D eigenvalue weighted by atomic mass is 9.69. The maximum atomic E-state index is 12.0. The highest BCUT2D eigenvalue weighted by molar-refractivity contribution is 6.31. The van der Waals surface area contributed by atoms with Crippen LogP contribution < -0.4 is 5.32 Å². The van der Waals surface area contributed by atoms with Gasteiger partial charge in [-0.1, -0.05) is 11.6 Å². The van der Waals surface area contributed by atoms with Gasteiger partial charge in [0.05, 0.1) is 16.7 Å². The number of aromatic hydroxyl groups is 1. The van der Waals surface area contributed by atoms with Gasteiger partial charge >= 0.3 is 5.69 Å². The molecule has 0 saturated heterocycles. The Bertz CT molecular complexity index is 634. The molecule has 104 valence electrons. The molecule has 0 spiro atoms. The van der Waals surface area contributed by atoms with E-state index in [0.29, 0.717) is 12.8 Å². The summed E-state index contributed by atoms with van der Waals surface area (Å²) in [5.41, 5.74) is -1.90. The second-order valence-electron chi connectivity index (χ2n) is 4.58. The van der Waals surface area contributed by atoms with E-state index in [9.17, 15) is 20.0 Å². The topological polar surface area (TPSA) is 116 Å². The summed E-state index contributed by atoms with van der Waals surface area (Å²) in [7, 11) is 0. The largest absolute Gasteiger partial charge is 0.501 e. The Morgan fingerprint density at radius 2 is 2.20 bits per heavy atom. The first-order chi connectivity index (χ1) is 9.39. The zero-order valence-corrected chi connectivity index (χ0v) is 11.0. The standard InChI is InChI=1S/C12H10ClN3O4/c13-7-4-8(10(17)9(5-7)16(19)20)15-11(18)12(6-14)2-1-3-12/h4-5,17H,1-3H2,(H,15,18). The van der Waals surface area contributed by atoms with Crippen LogP contribution in [0, 0.1) is 26.9 Å². The first-order valence-electron chi connectivity index (χ1n) is 5.79. The van der Waals surface area contributed by atoms with Gasteiger partial charge in [-0.3, -0.25) is 14.9 Å². The number of phenols is 1. The smallest absolute Gasteiger partial charge is 0.314 e. The normalized spacial score (nSPS) is 15.8. The molecule has 0 radical (unpaired) electrons. The molecule has 8 heteroatoms. The number of nitrogens with zero attached hydrogens (tertiary/aromatic N) is 2. The lowest BCUT2D eigenvalue weighted by Crippen LogP contribution is -2.40. The van der Waals surface area contributed by atoms with Crippen LogP contribution >= 0.6 is 11.6 Å². The van der Waals surface area contributed by atoms with Crippen molar-refractivity contribution in [2.75, 3.05) is 5.32 Å². The van der Waals surface area contributed by atoms with Gasteiger partial charge in [-0.15, -0.1) is 0 Å². The van der Waals surface area contributed by atoms with Gasteiger partial charge in [0.15, 0.2) is 0 Å². The Kier molecular flexibility index (Phi) is 3.51. The van der Waals surface area contributed by atoms with Crippen LogP contribution in [0.25, 0.3) is 0 Å². The number of amides is 1. The van der Waals surface area contributed by atoms with Crippen LogP contribution in [0.1, 0.15) is 19.3 Å². The SMILES string of the molecule is N#CC1(C(=O)Nc2cc(Cl)cc([N+](=O)[O-])c2O)CCC1. The van der Waals surface area contributed by atoms with E-state index in [-0.39, 0.29) is 10.7 Å². The lowest BCUT2D eigenvalue weighted by Gasteiger charge is -2.33. The van der Waals surface area contributed by atoms with E-state index < -0.39 is 27.7 Å². The van der Waals surface area contributed by atoms with Crippen molar-refractivity contribution < 1.29 is 14.8 Å². The molecule has 7 nitrogen and oxygen atoms in total. The molecular formula is C12H10ClN3O4. The van der Waals surface area contributed by atoms with Crippen molar-refractivity contribution in [3.63, 3.8) is 0 Å². The van der Waals surface area contributed by atoms with E-state index in [2.05, 4.69) is 5.32 Å². The summed E-state index contributed by atoms with van der Waals surface area (Å²) >= 11 is 5.71. The number of carbonyl (C=O) groups excluding carboxylic acids is 1. The third-order valence-electron chi connectivity index (χ3n) is 3.36. The van der Waals surface area contributed by atoms with Crippen LogP contribution in [0.15, 0.2) is 12.1 Å². The monoisotopic (exact) mass is 295 g/mol. The van der Waals surface area contributed by atoms with Crippen molar-refractivity contribution in [2.24, 2.45) is 5.41 Å². The van der Waals surface area contributed by atoms with Gasteiger partial charge in [-0.2, -0.15) is 5.26 Å². The van der Waals surface area contributed by atoms with E-state index in [1.54, 1.807) is 0 Å². The molecule has 0 aromatic heterocycles. The second kappa shape index (κ2) is 4.98. The van der Waals surface area contributed by atoms with E-state index in [0.717, 1.165) is 12.5 Å². The molecule has 0 heterocycles. The fourth-order valence-corrected chi connectivity index (χ4v) is 2.19. The van der Waals surface area contributed by atoms with Crippen LogP contribution in [-0.2, 0) is 4.79 Å². The van der Waals surface area contributed by atoms with Crippen molar-refractivity contribution in [3.05, 3.63) is 27.3 Å². The summed E-state index contributed by atoms with van der Waals surface area (Å²) in [6.07, 6.45) is 1.63. The quantitative estimate of drug-likeness (QED) is 0.505. The third kappa shape index (κ3) is 2.26. The predicted molar refractivity (Wildman–Crippen MR) is 70.3 cm³/mol. The summed E-state index contributed by atoms with van der Waals surface area (Å²) < 4.78 is 0. The summed E-state index contributed by atoms with van der Waals surface area (Å²) in [5, 5.41) is 31.9. The average Bonchev–Trinajstić information content (AvgIpc) is 2.32. The zero-order valence-electron chi connectivity index (χ0n) is 10.2. The molecule has 1 fully saturated rings. The molecule has 0 aliphatic heterocycles. The Hall–Kier alpha value is -2.33. The fraction of sp³-hybridized carbons (Fsp3) is 0.333. The number of anilines is 1. The molecule has 1 amide bonds. The van der Waals surface area contributed by atoms with Crippen molar-refractivity contribution in [3.8, 4) is 11.8 Å². The molecule has 2 rings (SSSR count). The molecule has 0 atom stereocenters. The number of benzene rings is 1. The Labute approximate surface area is 118 Å². The summed E-state index contributed by atoms with van der Waals surface area (Å²) in [5.74, 6) is -1.27. The Balaban J connectivity index is 2.33.